The highest BCUT2D eigenvalue weighted by Gasteiger charge is 2.42. The lowest BCUT2D eigenvalue weighted by molar-refractivity contribution is -0.175. The van der Waals surface area contributed by atoms with Crippen LogP contribution in [0.2, 0.25) is 0 Å². The Morgan fingerprint density at radius 1 is 1.47 bits per heavy atom. The molecule has 1 aromatic heterocycles. The van der Waals surface area contributed by atoms with Gasteiger partial charge in [0.25, 0.3) is 0 Å². The zero-order chi connectivity index (χ0) is 10.9. The molecule has 0 spiro atoms. The van der Waals surface area contributed by atoms with Crippen LogP contribution in [0.25, 0.3) is 0 Å². The van der Waals surface area contributed by atoms with Crippen molar-refractivity contribution in [2.45, 2.75) is 19.0 Å². The molecule has 0 N–H and O–H groups in total. The lowest BCUT2D eigenvalue weighted by Crippen LogP contribution is -2.41. The molecule has 1 atom stereocenters. The topological polar surface area (TPSA) is 29.0 Å². The molecular formula is C8H10F3N3S. The van der Waals surface area contributed by atoms with Crippen LogP contribution in [0.5, 0.6) is 0 Å². The van der Waals surface area contributed by atoms with Gasteiger partial charge in [0.05, 0.1) is 5.92 Å². The average Bonchev–Trinajstić information content (AvgIpc) is 2.69. The molecule has 0 saturated carbocycles. The van der Waals surface area contributed by atoms with E-state index in [0.29, 0.717) is 18.1 Å². The number of alkyl halides is 3. The number of aromatic nitrogens is 2. The third-order valence-corrected chi connectivity index (χ3v) is 3.23. The van der Waals surface area contributed by atoms with Gasteiger partial charge >= 0.3 is 6.18 Å². The molecule has 1 aliphatic heterocycles. The summed E-state index contributed by atoms with van der Waals surface area (Å²) in [6, 6.07) is 0. The summed E-state index contributed by atoms with van der Waals surface area (Å²) in [5, 5.41) is 0.587. The summed E-state index contributed by atoms with van der Waals surface area (Å²) < 4.78 is 41.3. The van der Waals surface area contributed by atoms with Gasteiger partial charge < -0.3 is 4.90 Å². The molecule has 1 saturated heterocycles. The van der Waals surface area contributed by atoms with E-state index in [9.17, 15) is 13.2 Å². The number of rotatable bonds is 1. The van der Waals surface area contributed by atoms with Gasteiger partial charge in [0.2, 0.25) is 5.13 Å². The van der Waals surface area contributed by atoms with Crippen LogP contribution in [0, 0.1) is 5.92 Å². The Balaban J connectivity index is 2.05. The first-order valence-electron chi connectivity index (χ1n) is 4.65. The molecular weight excluding hydrogens is 227 g/mol. The van der Waals surface area contributed by atoms with E-state index >= 15 is 0 Å². The van der Waals surface area contributed by atoms with Crippen LogP contribution < -0.4 is 4.90 Å². The summed E-state index contributed by atoms with van der Waals surface area (Å²) in [6.45, 7) is 0.653. The lowest BCUT2D eigenvalue weighted by atomic mass is 9.98. The maximum Gasteiger partial charge on any atom is 0.393 e. The lowest BCUT2D eigenvalue weighted by Gasteiger charge is -2.33. The molecule has 0 radical (unpaired) electrons. The monoisotopic (exact) mass is 237 g/mol. The van der Waals surface area contributed by atoms with E-state index in [4.69, 9.17) is 0 Å². The fourth-order valence-corrected chi connectivity index (χ4v) is 2.29. The first-order valence-corrected chi connectivity index (χ1v) is 5.43. The second-order valence-corrected chi connectivity index (χ2v) is 4.31. The van der Waals surface area contributed by atoms with Gasteiger partial charge in [0, 0.05) is 24.6 Å². The normalized spacial score (nSPS) is 23.1. The Morgan fingerprint density at radius 2 is 2.27 bits per heavy atom. The second-order valence-electron chi connectivity index (χ2n) is 3.55. The average molecular weight is 237 g/mol. The smallest absolute Gasteiger partial charge is 0.346 e. The van der Waals surface area contributed by atoms with E-state index in [1.165, 1.54) is 6.33 Å². The predicted octanol–water partition coefficient (Wildman–Crippen LogP) is 2.32. The van der Waals surface area contributed by atoms with Crippen molar-refractivity contribution >= 4 is 16.7 Å². The summed E-state index contributed by atoms with van der Waals surface area (Å²) in [6.07, 6.45) is -1.94. The van der Waals surface area contributed by atoms with Gasteiger partial charge in [-0.05, 0) is 12.8 Å². The Bertz CT molecular complexity index is 311. The van der Waals surface area contributed by atoms with Crippen LogP contribution in [0.4, 0.5) is 18.3 Å². The molecule has 1 unspecified atom stereocenters. The molecule has 2 rings (SSSR count). The molecule has 0 bridgehead atoms. The number of hydrogen-bond acceptors (Lipinski definition) is 4. The van der Waals surface area contributed by atoms with E-state index in [0.717, 1.165) is 11.5 Å². The van der Waals surface area contributed by atoms with Crippen molar-refractivity contribution in [1.82, 2.24) is 9.36 Å². The highest BCUT2D eigenvalue weighted by molar-refractivity contribution is 7.09. The van der Waals surface area contributed by atoms with Crippen molar-refractivity contribution in [2.75, 3.05) is 18.0 Å². The third kappa shape index (κ3) is 2.39. The Morgan fingerprint density at radius 3 is 2.87 bits per heavy atom. The van der Waals surface area contributed by atoms with Crippen LogP contribution in [0.1, 0.15) is 12.8 Å². The predicted molar refractivity (Wildman–Crippen MR) is 50.9 cm³/mol. The van der Waals surface area contributed by atoms with Gasteiger partial charge in [-0.15, -0.1) is 0 Å². The van der Waals surface area contributed by atoms with E-state index in [2.05, 4.69) is 9.36 Å². The summed E-state index contributed by atoms with van der Waals surface area (Å²) >= 11 is 1.14. The Kier molecular flexibility index (Phi) is 2.81. The zero-order valence-corrected chi connectivity index (χ0v) is 8.68. The minimum atomic E-state index is -4.09. The molecule has 84 valence electrons. The second kappa shape index (κ2) is 3.96. The van der Waals surface area contributed by atoms with Gasteiger partial charge in [-0.25, -0.2) is 4.98 Å². The molecule has 1 aromatic rings. The number of nitrogens with zero attached hydrogens (tertiary/aromatic N) is 3. The van der Waals surface area contributed by atoms with Crippen molar-refractivity contribution in [3.05, 3.63) is 6.33 Å². The number of piperidine rings is 1. The van der Waals surface area contributed by atoms with Crippen molar-refractivity contribution < 1.29 is 13.2 Å². The van der Waals surface area contributed by atoms with Crippen molar-refractivity contribution in [2.24, 2.45) is 5.92 Å². The fourth-order valence-electron chi connectivity index (χ4n) is 1.72. The number of halogens is 3. The molecule has 1 fully saturated rings. The molecule has 0 aromatic carbocycles. The SMILES string of the molecule is FC(F)(F)C1CCCN(c2ncns2)C1. The summed E-state index contributed by atoms with van der Waals surface area (Å²) in [4.78, 5) is 5.59. The van der Waals surface area contributed by atoms with Crippen molar-refractivity contribution in [3.63, 3.8) is 0 Å². The number of hydrogen-bond donors (Lipinski definition) is 0. The van der Waals surface area contributed by atoms with Crippen LogP contribution in [-0.4, -0.2) is 28.6 Å². The molecule has 15 heavy (non-hydrogen) atoms. The van der Waals surface area contributed by atoms with Gasteiger partial charge in [0.15, 0.2) is 0 Å². The standard InChI is InChI=1S/C8H10F3N3S/c9-8(10,11)6-2-1-3-14(4-6)7-12-5-13-15-7/h5-6H,1-4H2. The van der Waals surface area contributed by atoms with Crippen LogP contribution >= 0.6 is 11.5 Å². The highest BCUT2D eigenvalue weighted by Crippen LogP contribution is 2.34. The van der Waals surface area contributed by atoms with Gasteiger partial charge in [-0.1, -0.05) is 0 Å². The van der Waals surface area contributed by atoms with E-state index in [-0.39, 0.29) is 13.0 Å². The Labute approximate surface area is 89.1 Å². The first kappa shape index (κ1) is 10.7. The minimum absolute atomic E-state index is 0.0126. The maximum atomic E-state index is 12.5. The summed E-state index contributed by atoms with van der Waals surface area (Å²) in [5.41, 5.74) is 0. The quantitative estimate of drug-likeness (QED) is 0.750. The molecule has 0 amide bonds. The molecule has 7 heteroatoms. The third-order valence-electron chi connectivity index (χ3n) is 2.50. The van der Waals surface area contributed by atoms with Gasteiger partial charge in [-0.3, -0.25) is 0 Å². The summed E-state index contributed by atoms with van der Waals surface area (Å²) in [7, 11) is 0. The molecule has 1 aliphatic rings. The fraction of sp³-hybridized carbons (Fsp3) is 0.750. The van der Waals surface area contributed by atoms with Crippen molar-refractivity contribution in [3.8, 4) is 0 Å². The van der Waals surface area contributed by atoms with Crippen molar-refractivity contribution in [1.29, 1.82) is 0 Å². The molecule has 0 aliphatic carbocycles. The number of anilines is 1. The summed E-state index contributed by atoms with van der Waals surface area (Å²) in [5.74, 6) is -1.23. The zero-order valence-electron chi connectivity index (χ0n) is 7.87. The Hall–Kier alpha value is -0.850. The first-order chi connectivity index (χ1) is 7.07. The van der Waals surface area contributed by atoms with Crippen LogP contribution in [0.3, 0.4) is 0 Å². The maximum absolute atomic E-state index is 12.5. The molecule has 2 heterocycles. The highest BCUT2D eigenvalue weighted by atomic mass is 32.1. The van der Waals surface area contributed by atoms with E-state index < -0.39 is 12.1 Å². The van der Waals surface area contributed by atoms with E-state index in [1.807, 2.05) is 0 Å². The minimum Gasteiger partial charge on any atom is -0.346 e. The van der Waals surface area contributed by atoms with Gasteiger partial charge in [-0.2, -0.15) is 17.5 Å². The van der Waals surface area contributed by atoms with Crippen LogP contribution in [-0.2, 0) is 0 Å². The van der Waals surface area contributed by atoms with Crippen LogP contribution in [0.15, 0.2) is 6.33 Å². The van der Waals surface area contributed by atoms with E-state index in [1.54, 1.807) is 4.90 Å². The van der Waals surface area contributed by atoms with Gasteiger partial charge in [0.1, 0.15) is 6.33 Å². The molecule has 3 nitrogen and oxygen atoms in total. The largest absolute Gasteiger partial charge is 0.393 e.